The summed E-state index contributed by atoms with van der Waals surface area (Å²) >= 11 is 0. The fraction of sp³-hybridized carbons (Fsp3) is 0.238. The van der Waals surface area contributed by atoms with Crippen molar-refractivity contribution in [3.63, 3.8) is 0 Å². The molecule has 1 fully saturated rings. The number of hydrogen-bond acceptors (Lipinski definition) is 6. The molecule has 2 aromatic heterocycles. The number of phenols is 1. The van der Waals surface area contributed by atoms with Gasteiger partial charge in [0.1, 0.15) is 11.9 Å². The van der Waals surface area contributed by atoms with Gasteiger partial charge in [-0.2, -0.15) is 0 Å². The van der Waals surface area contributed by atoms with Crippen molar-refractivity contribution < 1.29 is 14.3 Å². The summed E-state index contributed by atoms with van der Waals surface area (Å²) in [4.78, 5) is 24.5. The van der Waals surface area contributed by atoms with E-state index in [-0.39, 0.29) is 11.3 Å². The average Bonchev–Trinajstić information content (AvgIpc) is 2.71. The van der Waals surface area contributed by atoms with Crippen LogP contribution in [0.3, 0.4) is 0 Å². The summed E-state index contributed by atoms with van der Waals surface area (Å²) in [6, 6.07) is 8.52. The molecule has 1 amide bonds. The first-order chi connectivity index (χ1) is 14.4. The van der Waals surface area contributed by atoms with Gasteiger partial charge in [-0.25, -0.2) is 14.4 Å². The second-order valence-corrected chi connectivity index (χ2v) is 8.06. The van der Waals surface area contributed by atoms with Crippen molar-refractivity contribution in [1.29, 1.82) is 0 Å². The molecule has 1 saturated carbocycles. The number of para-hydroxylation sites is 1. The molecule has 1 aromatic carbocycles. The number of nitrogens with one attached hydrogen (secondary N) is 1. The number of pyridine rings is 1. The van der Waals surface area contributed by atoms with Crippen LogP contribution in [0.2, 0.25) is 0 Å². The Balaban J connectivity index is 1.52. The topological polar surface area (TPSA) is 114 Å². The molecule has 1 unspecified atom stereocenters. The van der Waals surface area contributed by atoms with Crippen molar-refractivity contribution in [1.82, 2.24) is 15.0 Å². The average molecular weight is 425 g/mol. The lowest BCUT2D eigenvalue weighted by atomic mass is 9.65. The smallest absolute Gasteiger partial charge is 0.252 e. The molecule has 9 heteroatoms. The third kappa shape index (κ3) is 3.71. The Labute approximate surface area is 175 Å². The van der Waals surface area contributed by atoms with Crippen molar-refractivity contribution >= 4 is 26.4 Å². The predicted octanol–water partition coefficient (Wildman–Crippen LogP) is 2.33. The largest absolute Gasteiger partial charge is 0.506 e. The Morgan fingerprint density at radius 1 is 1.23 bits per heavy atom. The van der Waals surface area contributed by atoms with E-state index in [1.165, 1.54) is 6.07 Å². The zero-order valence-corrected chi connectivity index (χ0v) is 17.2. The highest BCUT2D eigenvalue weighted by Crippen LogP contribution is 2.44. The standard InChI is InChI=1S/C21H21FN5O2P/c22-13-7-21(8-13,18-16(30)5-2-6-24-18)11-27-20-25-9-12(10-26-20)14-3-1-4-15(17(14)28)19(23)29/h1-6,9-10,13,28H,7-8,11,30H2,(H2,23,29)(H,25,26,27). The number of aromatic nitrogens is 3. The lowest BCUT2D eigenvalue weighted by molar-refractivity contribution is 0.0995. The minimum atomic E-state index is -0.845. The zero-order valence-electron chi connectivity index (χ0n) is 16.0. The van der Waals surface area contributed by atoms with Gasteiger partial charge in [0.25, 0.3) is 5.91 Å². The zero-order chi connectivity index (χ0) is 21.3. The van der Waals surface area contributed by atoms with Gasteiger partial charge in [-0.1, -0.05) is 18.2 Å². The number of anilines is 1. The van der Waals surface area contributed by atoms with Crippen molar-refractivity contribution in [3.05, 3.63) is 60.2 Å². The molecule has 0 saturated heterocycles. The van der Waals surface area contributed by atoms with E-state index in [0.717, 1.165) is 11.0 Å². The molecule has 7 nitrogen and oxygen atoms in total. The maximum Gasteiger partial charge on any atom is 0.252 e. The quantitative estimate of drug-likeness (QED) is 0.523. The summed E-state index contributed by atoms with van der Waals surface area (Å²) in [7, 11) is 2.66. The molecule has 0 bridgehead atoms. The molecule has 0 radical (unpaired) electrons. The van der Waals surface area contributed by atoms with Crippen molar-refractivity contribution in [2.75, 3.05) is 11.9 Å². The van der Waals surface area contributed by atoms with Gasteiger partial charge in [-0.05, 0) is 30.3 Å². The second kappa shape index (κ2) is 7.95. The van der Waals surface area contributed by atoms with Crippen LogP contribution in [0.25, 0.3) is 11.1 Å². The monoisotopic (exact) mass is 425 g/mol. The molecular formula is C21H21FN5O2P. The first-order valence-corrected chi connectivity index (χ1v) is 10.0. The first-order valence-electron chi connectivity index (χ1n) is 9.43. The van der Waals surface area contributed by atoms with Gasteiger partial charge in [-0.3, -0.25) is 9.78 Å². The molecule has 1 atom stereocenters. The summed E-state index contributed by atoms with van der Waals surface area (Å²) < 4.78 is 13.8. The molecule has 4 rings (SSSR count). The SMILES string of the molecule is NC(=O)c1cccc(-c2cnc(NCC3(c4ncccc4P)CC(F)C3)nc2)c1O. The number of benzene rings is 1. The van der Waals surface area contributed by atoms with Gasteiger partial charge in [0.05, 0.1) is 11.3 Å². The number of rotatable bonds is 6. The van der Waals surface area contributed by atoms with Gasteiger partial charge >= 0.3 is 0 Å². The van der Waals surface area contributed by atoms with Crippen LogP contribution < -0.4 is 16.4 Å². The van der Waals surface area contributed by atoms with E-state index in [4.69, 9.17) is 5.73 Å². The lowest BCUT2D eigenvalue weighted by Gasteiger charge is -2.44. The van der Waals surface area contributed by atoms with Crippen LogP contribution in [-0.2, 0) is 5.41 Å². The molecule has 2 heterocycles. The third-order valence-electron chi connectivity index (χ3n) is 5.41. The second-order valence-electron chi connectivity index (χ2n) is 7.44. The Kier molecular flexibility index (Phi) is 5.35. The Bertz CT molecular complexity index is 1090. The molecule has 0 aliphatic heterocycles. The number of nitrogens with zero attached hydrogens (tertiary/aromatic N) is 3. The van der Waals surface area contributed by atoms with Gasteiger partial charge < -0.3 is 16.2 Å². The predicted molar refractivity (Wildman–Crippen MR) is 116 cm³/mol. The number of amides is 1. The van der Waals surface area contributed by atoms with E-state index in [2.05, 4.69) is 29.5 Å². The summed E-state index contributed by atoms with van der Waals surface area (Å²) in [5, 5.41) is 14.4. The highest BCUT2D eigenvalue weighted by atomic mass is 31.0. The third-order valence-corrected chi connectivity index (χ3v) is 5.88. The maximum atomic E-state index is 13.8. The minimum absolute atomic E-state index is 0.0333. The number of carbonyl (C=O) groups excluding carboxylic acids is 1. The molecule has 0 spiro atoms. The van der Waals surface area contributed by atoms with Crippen LogP contribution >= 0.6 is 9.24 Å². The maximum absolute atomic E-state index is 13.8. The van der Waals surface area contributed by atoms with Crippen LogP contribution in [0.15, 0.2) is 48.9 Å². The van der Waals surface area contributed by atoms with Gasteiger partial charge in [-0.15, -0.1) is 9.24 Å². The number of primary amides is 1. The minimum Gasteiger partial charge on any atom is -0.506 e. The van der Waals surface area contributed by atoms with E-state index in [9.17, 15) is 14.3 Å². The molecule has 1 aliphatic rings. The number of alkyl halides is 1. The van der Waals surface area contributed by atoms with E-state index in [1.807, 2.05) is 12.1 Å². The Morgan fingerprint density at radius 3 is 2.60 bits per heavy atom. The van der Waals surface area contributed by atoms with E-state index in [0.29, 0.717) is 36.5 Å². The normalized spacial score (nSPS) is 20.4. The van der Waals surface area contributed by atoms with Gasteiger partial charge in [0.2, 0.25) is 5.95 Å². The van der Waals surface area contributed by atoms with E-state index in [1.54, 1.807) is 30.7 Å². The fourth-order valence-corrected chi connectivity index (χ4v) is 4.34. The number of aromatic hydroxyl groups is 1. The van der Waals surface area contributed by atoms with Gasteiger partial charge in [0.15, 0.2) is 0 Å². The number of halogens is 1. The van der Waals surface area contributed by atoms with E-state index >= 15 is 0 Å². The van der Waals surface area contributed by atoms with Crippen molar-refractivity contribution in [3.8, 4) is 16.9 Å². The van der Waals surface area contributed by atoms with Crippen LogP contribution in [0.1, 0.15) is 28.9 Å². The number of nitrogens with two attached hydrogens (primary N) is 1. The highest BCUT2D eigenvalue weighted by molar-refractivity contribution is 7.27. The highest BCUT2D eigenvalue weighted by Gasteiger charge is 2.47. The summed E-state index contributed by atoms with van der Waals surface area (Å²) in [5.41, 5.74) is 6.72. The molecule has 30 heavy (non-hydrogen) atoms. The molecule has 4 N–H and O–H groups in total. The summed E-state index contributed by atoms with van der Waals surface area (Å²) in [5.74, 6) is -0.541. The summed E-state index contributed by atoms with van der Waals surface area (Å²) in [6.07, 6.45) is 4.75. The molecule has 3 aromatic rings. The Hall–Kier alpha value is -3.12. The summed E-state index contributed by atoms with van der Waals surface area (Å²) in [6.45, 7) is 0.452. The van der Waals surface area contributed by atoms with Crippen LogP contribution in [0.5, 0.6) is 5.75 Å². The van der Waals surface area contributed by atoms with Gasteiger partial charge in [0, 0.05) is 41.7 Å². The number of hydrogen-bond donors (Lipinski definition) is 3. The van der Waals surface area contributed by atoms with Crippen molar-refractivity contribution in [2.24, 2.45) is 5.73 Å². The van der Waals surface area contributed by atoms with Crippen LogP contribution in [-0.4, -0.2) is 38.7 Å². The molecule has 154 valence electrons. The van der Waals surface area contributed by atoms with Crippen LogP contribution in [0.4, 0.5) is 10.3 Å². The van der Waals surface area contributed by atoms with E-state index < -0.39 is 17.5 Å². The molecular weight excluding hydrogens is 404 g/mol. The first kappa shape index (κ1) is 20.2. The Morgan fingerprint density at radius 2 is 1.97 bits per heavy atom. The number of carbonyl (C=O) groups is 1. The van der Waals surface area contributed by atoms with Crippen LogP contribution in [0, 0.1) is 0 Å². The molecule has 1 aliphatic carbocycles. The van der Waals surface area contributed by atoms with Crippen molar-refractivity contribution in [2.45, 2.75) is 24.4 Å². The lowest BCUT2D eigenvalue weighted by Crippen LogP contribution is -2.50. The fourth-order valence-electron chi connectivity index (χ4n) is 3.85.